The third-order valence-corrected chi connectivity index (χ3v) is 8.48. The minimum atomic E-state index is -0.304. The van der Waals surface area contributed by atoms with E-state index in [1.165, 1.54) is 22.9 Å². The second-order valence-corrected chi connectivity index (χ2v) is 11.7. The van der Waals surface area contributed by atoms with E-state index in [-0.39, 0.29) is 22.9 Å². The molecule has 1 saturated heterocycles. The molecule has 4 atom stereocenters. The van der Waals surface area contributed by atoms with Gasteiger partial charge >= 0.3 is 5.30 Å². The number of ether oxygens (including phenoxy) is 1. The van der Waals surface area contributed by atoms with E-state index in [1.807, 2.05) is 18.2 Å². The molecule has 0 radical (unpaired) electrons. The van der Waals surface area contributed by atoms with Crippen molar-refractivity contribution in [1.82, 2.24) is 4.90 Å². The number of hydrogen-bond acceptors (Lipinski definition) is 5. The monoisotopic (exact) mass is 519 g/mol. The quantitative estimate of drug-likeness (QED) is 0.140. The summed E-state index contributed by atoms with van der Waals surface area (Å²) in [5, 5.41) is 10.9. The molecule has 0 amide bonds. The van der Waals surface area contributed by atoms with Gasteiger partial charge in [0.2, 0.25) is 0 Å². The Balaban J connectivity index is 1.48. The molecule has 4 rings (SSSR count). The molecule has 1 aliphatic carbocycles. The maximum Gasteiger partial charge on any atom is 0.372 e. The number of hydrogen-bond donors (Lipinski definition) is 1. The zero-order chi connectivity index (χ0) is 26.4. The second-order valence-electron chi connectivity index (χ2n) is 10.7. The SMILES string of the molecule is C=C(C)[C@@H]1CCC(C)=C[C@H]1c1c(O)cc(CCCCC)cc1OC(=O)SCC1CN1Cc1ccccc1. The van der Waals surface area contributed by atoms with E-state index in [2.05, 4.69) is 62.6 Å². The van der Waals surface area contributed by atoms with Crippen LogP contribution in [0.15, 0.2) is 66.3 Å². The van der Waals surface area contributed by atoms with Gasteiger partial charge in [0.25, 0.3) is 0 Å². The number of nitrogens with zero attached hydrogens (tertiary/aromatic N) is 1. The van der Waals surface area contributed by atoms with Gasteiger partial charge < -0.3 is 9.84 Å². The zero-order valence-electron chi connectivity index (χ0n) is 22.5. The molecule has 4 nitrogen and oxygen atoms in total. The smallest absolute Gasteiger partial charge is 0.372 e. The van der Waals surface area contributed by atoms with Crippen LogP contribution in [0.5, 0.6) is 11.5 Å². The fourth-order valence-corrected chi connectivity index (χ4v) is 6.19. The molecule has 5 heteroatoms. The Morgan fingerprint density at radius 2 is 1.97 bits per heavy atom. The lowest BCUT2D eigenvalue weighted by Gasteiger charge is -2.32. The van der Waals surface area contributed by atoms with Crippen LogP contribution in [0.1, 0.15) is 75.5 Å². The molecule has 37 heavy (non-hydrogen) atoms. The van der Waals surface area contributed by atoms with Gasteiger partial charge in [-0.05, 0) is 80.5 Å². The van der Waals surface area contributed by atoms with Crippen molar-refractivity contribution in [1.29, 1.82) is 0 Å². The second kappa shape index (κ2) is 12.8. The fourth-order valence-electron chi connectivity index (χ4n) is 5.39. The van der Waals surface area contributed by atoms with Crippen LogP contribution < -0.4 is 4.74 Å². The van der Waals surface area contributed by atoms with E-state index < -0.39 is 0 Å². The molecule has 2 aromatic rings. The number of thioether (sulfide) groups is 1. The highest BCUT2D eigenvalue weighted by Gasteiger charge is 2.35. The summed E-state index contributed by atoms with van der Waals surface area (Å²) in [7, 11) is 0. The van der Waals surface area contributed by atoms with Gasteiger partial charge in [-0.15, -0.1) is 0 Å². The summed E-state index contributed by atoms with van der Waals surface area (Å²) < 4.78 is 6.01. The lowest BCUT2D eigenvalue weighted by atomic mass is 9.73. The van der Waals surface area contributed by atoms with E-state index in [9.17, 15) is 9.90 Å². The van der Waals surface area contributed by atoms with Gasteiger partial charge in [0.15, 0.2) is 0 Å². The average Bonchev–Trinajstić information content (AvgIpc) is 3.60. The normalized spacial score (nSPS) is 22.8. The minimum absolute atomic E-state index is 0.0477. The summed E-state index contributed by atoms with van der Waals surface area (Å²) in [4.78, 5) is 15.4. The molecule has 2 aliphatic rings. The molecular formula is C32H41NO3S. The minimum Gasteiger partial charge on any atom is -0.507 e. The highest BCUT2D eigenvalue weighted by molar-refractivity contribution is 8.13. The van der Waals surface area contributed by atoms with Crippen molar-refractivity contribution in [2.24, 2.45) is 5.92 Å². The molecule has 0 saturated carbocycles. The van der Waals surface area contributed by atoms with Crippen LogP contribution >= 0.6 is 11.8 Å². The van der Waals surface area contributed by atoms with Crippen molar-refractivity contribution < 1.29 is 14.6 Å². The number of unbranched alkanes of at least 4 members (excludes halogenated alkanes) is 2. The van der Waals surface area contributed by atoms with Crippen LogP contribution in [0, 0.1) is 5.92 Å². The van der Waals surface area contributed by atoms with Crippen LogP contribution in [0.25, 0.3) is 0 Å². The third kappa shape index (κ3) is 7.52. The van der Waals surface area contributed by atoms with Gasteiger partial charge in [-0.25, -0.2) is 4.79 Å². The number of benzene rings is 2. The first kappa shape index (κ1) is 27.5. The fraction of sp³-hybridized carbons (Fsp3) is 0.469. The predicted octanol–water partition coefficient (Wildman–Crippen LogP) is 8.26. The van der Waals surface area contributed by atoms with Crippen LogP contribution in [0.4, 0.5) is 4.79 Å². The van der Waals surface area contributed by atoms with Gasteiger partial charge in [-0.2, -0.15) is 0 Å². The van der Waals surface area contributed by atoms with E-state index in [0.717, 1.165) is 68.3 Å². The van der Waals surface area contributed by atoms with E-state index in [1.54, 1.807) is 0 Å². The zero-order valence-corrected chi connectivity index (χ0v) is 23.4. The first-order valence-corrected chi connectivity index (χ1v) is 14.6. The third-order valence-electron chi connectivity index (χ3n) is 7.61. The van der Waals surface area contributed by atoms with Crippen molar-refractivity contribution in [2.75, 3.05) is 12.3 Å². The van der Waals surface area contributed by atoms with Gasteiger partial charge in [-0.3, -0.25) is 4.90 Å². The highest BCUT2D eigenvalue weighted by Crippen LogP contribution is 2.47. The number of carbonyl (C=O) groups excluding carboxylic acids is 1. The molecule has 198 valence electrons. The number of aryl methyl sites for hydroxylation is 1. The maximum atomic E-state index is 13.0. The summed E-state index contributed by atoms with van der Waals surface area (Å²) in [6.45, 7) is 12.5. The van der Waals surface area contributed by atoms with Crippen molar-refractivity contribution in [3.05, 3.63) is 83.0 Å². The maximum absolute atomic E-state index is 13.0. The Bertz CT molecular complexity index is 1130. The van der Waals surface area contributed by atoms with E-state index >= 15 is 0 Å². The number of phenolic OH excluding ortho intramolecular Hbond substituents is 1. The van der Waals surface area contributed by atoms with Gasteiger partial charge in [0, 0.05) is 36.4 Å². The van der Waals surface area contributed by atoms with Crippen molar-refractivity contribution in [2.45, 2.75) is 77.8 Å². The Labute approximate surface area is 226 Å². The van der Waals surface area contributed by atoms with Gasteiger partial charge in [0.05, 0.1) is 0 Å². The van der Waals surface area contributed by atoms with E-state index in [4.69, 9.17) is 4.74 Å². The molecule has 0 bridgehead atoms. The number of rotatable bonds is 11. The summed E-state index contributed by atoms with van der Waals surface area (Å²) in [5.41, 5.74) is 5.42. The average molecular weight is 520 g/mol. The predicted molar refractivity (Wildman–Crippen MR) is 154 cm³/mol. The van der Waals surface area contributed by atoms with Crippen molar-refractivity contribution in [3.8, 4) is 11.5 Å². The molecule has 0 aromatic heterocycles. The Morgan fingerprint density at radius 1 is 1.19 bits per heavy atom. The number of aromatic hydroxyl groups is 1. The van der Waals surface area contributed by atoms with Crippen LogP contribution in [-0.4, -0.2) is 33.6 Å². The topological polar surface area (TPSA) is 49.5 Å². The molecule has 0 spiro atoms. The van der Waals surface area contributed by atoms with Crippen LogP contribution in [0.2, 0.25) is 0 Å². The Morgan fingerprint density at radius 3 is 2.70 bits per heavy atom. The van der Waals surface area contributed by atoms with Gasteiger partial charge in [0.1, 0.15) is 11.5 Å². The largest absolute Gasteiger partial charge is 0.507 e. The van der Waals surface area contributed by atoms with Gasteiger partial charge in [-0.1, -0.05) is 73.9 Å². The van der Waals surface area contributed by atoms with Crippen LogP contribution in [0.3, 0.4) is 0 Å². The summed E-state index contributed by atoms with van der Waals surface area (Å²) >= 11 is 1.23. The van der Waals surface area contributed by atoms with Crippen molar-refractivity contribution in [3.63, 3.8) is 0 Å². The Kier molecular flexibility index (Phi) is 9.55. The molecule has 2 aromatic carbocycles. The summed E-state index contributed by atoms with van der Waals surface area (Å²) in [6, 6.07) is 14.7. The number of allylic oxidation sites excluding steroid dienone is 3. The standard InChI is InChI=1S/C32H41NO3S/c1-5-6-8-13-25-17-29(34)31(28-16-23(4)14-15-27(28)22(2)3)30(18-25)36-32(35)37-21-26-20-33(26)19-24-11-9-7-10-12-24/h7,9-12,16-18,26-28,34H,2,5-6,8,13-15,19-21H2,1,3-4H3/t26?,27-,28+,33?/m0/s1. The summed E-state index contributed by atoms with van der Waals surface area (Å²) in [5.74, 6) is 1.60. The van der Waals surface area contributed by atoms with E-state index in [0.29, 0.717) is 17.5 Å². The summed E-state index contributed by atoms with van der Waals surface area (Å²) in [6.07, 6.45) is 8.42. The molecule has 1 heterocycles. The molecule has 1 N–H and O–H groups in total. The molecule has 1 fully saturated rings. The lowest BCUT2D eigenvalue weighted by molar-refractivity contribution is 0.226. The molecule has 2 unspecified atom stereocenters. The lowest BCUT2D eigenvalue weighted by Crippen LogP contribution is -2.18. The number of carbonyl (C=O) groups is 1. The van der Waals surface area contributed by atoms with Crippen LogP contribution in [-0.2, 0) is 13.0 Å². The number of phenols is 1. The molecule has 1 aliphatic heterocycles. The molecular weight excluding hydrogens is 478 g/mol. The Hall–Kier alpha value is -2.50. The first-order valence-electron chi connectivity index (χ1n) is 13.7. The van der Waals surface area contributed by atoms with Crippen molar-refractivity contribution >= 4 is 17.1 Å². The highest BCUT2D eigenvalue weighted by atomic mass is 32.2. The first-order chi connectivity index (χ1) is 17.9.